The van der Waals surface area contributed by atoms with Crippen LogP contribution in [0.15, 0.2) is 0 Å². The van der Waals surface area contributed by atoms with Crippen molar-refractivity contribution < 1.29 is 32.3 Å². The number of alkyl halides is 3. The summed E-state index contributed by atoms with van der Waals surface area (Å²) in [5, 5.41) is 4.75. The largest absolute Gasteiger partial charge is 0.416 e. The smallest absolute Gasteiger partial charge is 0.359 e. The van der Waals surface area contributed by atoms with Gasteiger partial charge in [0.2, 0.25) is 5.91 Å². The molecule has 24 heavy (non-hydrogen) atoms. The molecule has 136 valence electrons. The lowest BCUT2D eigenvalue weighted by atomic mass is 10.1. The van der Waals surface area contributed by atoms with Crippen LogP contribution in [0.25, 0.3) is 0 Å². The van der Waals surface area contributed by atoms with Gasteiger partial charge in [-0.2, -0.15) is 13.2 Å². The van der Waals surface area contributed by atoms with E-state index in [4.69, 9.17) is 4.74 Å². The molecule has 2 N–H and O–H groups in total. The van der Waals surface area contributed by atoms with E-state index in [0.29, 0.717) is 0 Å². The highest BCUT2D eigenvalue weighted by molar-refractivity contribution is 6.01. The molecule has 2 aliphatic heterocycles. The first-order valence-electron chi connectivity index (χ1n) is 7.35. The quantitative estimate of drug-likeness (QED) is 0.715. The minimum atomic E-state index is -4.57. The van der Waals surface area contributed by atoms with Gasteiger partial charge in [0.25, 0.3) is 0 Å². The van der Waals surface area contributed by atoms with Crippen LogP contribution >= 0.6 is 0 Å². The van der Waals surface area contributed by atoms with Crippen LogP contribution < -0.4 is 10.6 Å². The van der Waals surface area contributed by atoms with Gasteiger partial charge in [-0.05, 0) is 13.8 Å². The lowest BCUT2D eigenvalue weighted by Gasteiger charge is -2.43. The third-order valence-corrected chi connectivity index (χ3v) is 3.62. The summed E-state index contributed by atoms with van der Waals surface area (Å²) >= 11 is 0. The molecule has 1 atom stereocenters. The van der Waals surface area contributed by atoms with Crippen LogP contribution in [0.2, 0.25) is 0 Å². The Morgan fingerprint density at radius 3 is 2.62 bits per heavy atom. The van der Waals surface area contributed by atoms with Crippen molar-refractivity contribution in [2.24, 2.45) is 0 Å². The monoisotopic (exact) mass is 352 g/mol. The Bertz CT molecular complexity index is 522. The van der Waals surface area contributed by atoms with Crippen LogP contribution in [0.5, 0.6) is 0 Å². The normalized spacial score (nSPS) is 24.1. The highest BCUT2D eigenvalue weighted by atomic mass is 19.4. The predicted octanol–water partition coefficient (Wildman–Crippen LogP) is 0.290. The molecule has 0 aromatic heterocycles. The highest BCUT2D eigenvalue weighted by Gasteiger charge is 2.49. The average Bonchev–Trinajstić information content (AvgIpc) is 2.76. The van der Waals surface area contributed by atoms with E-state index in [0.717, 1.165) is 9.80 Å². The van der Waals surface area contributed by atoms with Crippen LogP contribution in [0, 0.1) is 0 Å². The molecule has 5 amide bonds. The minimum absolute atomic E-state index is 0.00541. The third-order valence-electron chi connectivity index (χ3n) is 3.62. The van der Waals surface area contributed by atoms with E-state index < -0.39 is 42.4 Å². The number of hydrogen-bond acceptors (Lipinski definition) is 4. The van der Waals surface area contributed by atoms with Crippen molar-refractivity contribution in [2.45, 2.75) is 31.7 Å². The molecule has 2 heterocycles. The van der Waals surface area contributed by atoms with E-state index in [1.807, 2.05) is 0 Å². The number of carbonyl (C=O) groups is 3. The van der Waals surface area contributed by atoms with Crippen molar-refractivity contribution in [3.05, 3.63) is 0 Å². The van der Waals surface area contributed by atoms with Crippen LogP contribution in [0.4, 0.5) is 22.8 Å². The van der Waals surface area contributed by atoms with Crippen molar-refractivity contribution in [3.63, 3.8) is 0 Å². The highest BCUT2D eigenvalue weighted by Crippen LogP contribution is 2.31. The number of imide groups is 1. The first-order chi connectivity index (χ1) is 11.0. The molecule has 0 bridgehead atoms. The number of morpholine rings is 1. The first kappa shape index (κ1) is 18.3. The molecule has 0 radical (unpaired) electrons. The summed E-state index contributed by atoms with van der Waals surface area (Å²) in [4.78, 5) is 36.7. The summed E-state index contributed by atoms with van der Waals surface area (Å²) in [6.45, 7) is 2.13. The van der Waals surface area contributed by atoms with E-state index in [2.05, 4.69) is 10.6 Å². The van der Waals surface area contributed by atoms with Gasteiger partial charge < -0.3 is 20.3 Å². The molecule has 1 unspecified atom stereocenters. The van der Waals surface area contributed by atoms with E-state index in [-0.39, 0.29) is 26.2 Å². The second kappa shape index (κ2) is 6.46. The summed E-state index contributed by atoms with van der Waals surface area (Å²) in [6.07, 6.45) is -6.63. The topological polar surface area (TPSA) is 91.0 Å². The molecular formula is C13H19F3N4O4. The first-order valence-corrected chi connectivity index (χ1v) is 7.35. The number of hydrogen-bond donors (Lipinski definition) is 2. The fraction of sp³-hybridized carbons (Fsp3) is 0.769. The van der Waals surface area contributed by atoms with E-state index in [9.17, 15) is 27.6 Å². The number of nitrogens with zero attached hydrogens (tertiary/aromatic N) is 2. The van der Waals surface area contributed by atoms with Crippen LogP contribution in [-0.2, 0) is 9.53 Å². The van der Waals surface area contributed by atoms with Gasteiger partial charge in [0.1, 0.15) is 0 Å². The third kappa shape index (κ3) is 4.28. The number of nitrogens with one attached hydrogen (secondary N) is 2. The molecule has 2 aliphatic rings. The van der Waals surface area contributed by atoms with Gasteiger partial charge in [0.15, 0.2) is 6.10 Å². The second-order valence-corrected chi connectivity index (χ2v) is 6.22. The molecule has 11 heteroatoms. The summed E-state index contributed by atoms with van der Waals surface area (Å²) in [6, 6.07) is -1.26. The Labute approximate surface area is 136 Å². The predicted molar refractivity (Wildman–Crippen MR) is 75.1 cm³/mol. The Kier molecular flexibility index (Phi) is 4.92. The number of carbonyl (C=O) groups excluding carboxylic acids is 3. The SMILES string of the molecule is CC1(C)CN(C(=O)NCCN2C(=O)CNC2=O)CC(C(F)(F)F)O1. The number of ether oxygens (including phenoxy) is 1. The Morgan fingerprint density at radius 1 is 1.42 bits per heavy atom. The Morgan fingerprint density at radius 2 is 2.08 bits per heavy atom. The van der Waals surface area contributed by atoms with E-state index >= 15 is 0 Å². The second-order valence-electron chi connectivity index (χ2n) is 6.22. The standard InChI is InChI=1S/C13H19F3N4O4/c1-12(2)7-19(6-8(24-12)13(14,15)16)10(22)17-3-4-20-9(21)5-18-11(20)23/h8H,3-7H2,1-2H3,(H,17,22)(H,18,23). The van der Waals surface area contributed by atoms with Crippen molar-refractivity contribution in [1.29, 1.82) is 0 Å². The fourth-order valence-electron chi connectivity index (χ4n) is 2.58. The fourth-order valence-corrected chi connectivity index (χ4v) is 2.58. The molecule has 8 nitrogen and oxygen atoms in total. The maximum Gasteiger partial charge on any atom is 0.416 e. The maximum atomic E-state index is 12.9. The molecule has 0 aromatic rings. The van der Waals surface area contributed by atoms with Crippen LogP contribution in [-0.4, -0.2) is 78.4 Å². The lowest BCUT2D eigenvalue weighted by Crippen LogP contribution is -2.60. The van der Waals surface area contributed by atoms with Gasteiger partial charge in [-0.1, -0.05) is 0 Å². The Hall–Kier alpha value is -2.04. The summed E-state index contributed by atoms with van der Waals surface area (Å²) in [5.41, 5.74) is -1.14. The van der Waals surface area contributed by atoms with Crippen molar-refractivity contribution in [3.8, 4) is 0 Å². The van der Waals surface area contributed by atoms with Crippen molar-refractivity contribution in [1.82, 2.24) is 20.4 Å². The maximum absolute atomic E-state index is 12.9. The Balaban J connectivity index is 1.89. The average molecular weight is 352 g/mol. The zero-order chi connectivity index (χ0) is 18.1. The molecule has 0 saturated carbocycles. The summed E-state index contributed by atoms with van der Waals surface area (Å²) < 4.78 is 43.7. The molecule has 0 aromatic carbocycles. The molecule has 2 rings (SSSR count). The zero-order valence-electron chi connectivity index (χ0n) is 13.3. The van der Waals surface area contributed by atoms with Gasteiger partial charge in [0.05, 0.1) is 25.2 Å². The van der Waals surface area contributed by atoms with Gasteiger partial charge >= 0.3 is 18.2 Å². The molecule has 0 spiro atoms. The molecule has 2 saturated heterocycles. The molecule has 2 fully saturated rings. The van der Waals surface area contributed by atoms with Gasteiger partial charge in [-0.3, -0.25) is 9.69 Å². The lowest BCUT2D eigenvalue weighted by molar-refractivity contribution is -0.267. The number of halogens is 3. The van der Waals surface area contributed by atoms with Crippen LogP contribution in [0.1, 0.15) is 13.8 Å². The summed E-state index contributed by atoms with van der Waals surface area (Å²) in [7, 11) is 0. The van der Waals surface area contributed by atoms with Crippen molar-refractivity contribution >= 4 is 18.0 Å². The van der Waals surface area contributed by atoms with E-state index in [1.54, 1.807) is 0 Å². The molecule has 0 aliphatic carbocycles. The van der Waals surface area contributed by atoms with E-state index in [1.165, 1.54) is 13.8 Å². The van der Waals surface area contributed by atoms with Gasteiger partial charge in [-0.25, -0.2) is 9.59 Å². The van der Waals surface area contributed by atoms with Crippen LogP contribution in [0.3, 0.4) is 0 Å². The van der Waals surface area contributed by atoms with Gasteiger partial charge in [-0.15, -0.1) is 0 Å². The molecular weight excluding hydrogens is 333 g/mol. The number of urea groups is 2. The van der Waals surface area contributed by atoms with Crippen molar-refractivity contribution in [2.75, 3.05) is 32.7 Å². The van der Waals surface area contributed by atoms with Gasteiger partial charge in [0, 0.05) is 13.1 Å². The zero-order valence-corrected chi connectivity index (χ0v) is 13.3. The minimum Gasteiger partial charge on any atom is -0.359 e. The number of rotatable bonds is 3. The number of amides is 5. The summed E-state index contributed by atoms with van der Waals surface area (Å²) in [5.74, 6) is -0.418.